The average Bonchev–Trinajstić information content (AvgIpc) is 2.47. The van der Waals surface area contributed by atoms with Crippen molar-refractivity contribution >= 4 is 11.9 Å². The van der Waals surface area contributed by atoms with Crippen LogP contribution in [0.1, 0.15) is 12.8 Å². The van der Waals surface area contributed by atoms with Crippen LogP contribution in [0.15, 0.2) is 24.3 Å². The molecule has 1 amide bonds. The van der Waals surface area contributed by atoms with Gasteiger partial charge in [0.2, 0.25) is 0 Å². The number of carboxylic acids is 1. The number of rotatable bonds is 4. The predicted molar refractivity (Wildman–Crippen MR) is 70.3 cm³/mol. The first-order chi connectivity index (χ1) is 9.90. The van der Waals surface area contributed by atoms with E-state index in [-0.39, 0.29) is 38.4 Å². The number of hydrogen-bond donors (Lipinski definition) is 2. The van der Waals surface area contributed by atoms with Gasteiger partial charge in [-0.15, -0.1) is 0 Å². The van der Waals surface area contributed by atoms with Gasteiger partial charge in [0.15, 0.2) is 12.2 Å². The first kappa shape index (κ1) is 15.2. The van der Waals surface area contributed by atoms with Gasteiger partial charge in [-0.25, -0.2) is 9.18 Å². The molecule has 2 N–H and O–H groups in total. The summed E-state index contributed by atoms with van der Waals surface area (Å²) in [5, 5.41) is 18.7. The van der Waals surface area contributed by atoms with Gasteiger partial charge < -0.3 is 19.8 Å². The van der Waals surface area contributed by atoms with Crippen LogP contribution in [-0.2, 0) is 9.59 Å². The number of carbonyl (C=O) groups is 2. The summed E-state index contributed by atoms with van der Waals surface area (Å²) in [7, 11) is 0. The van der Waals surface area contributed by atoms with E-state index in [1.54, 1.807) is 0 Å². The van der Waals surface area contributed by atoms with Crippen molar-refractivity contribution in [1.29, 1.82) is 0 Å². The van der Waals surface area contributed by atoms with Crippen LogP contribution in [0.2, 0.25) is 0 Å². The number of halogens is 1. The van der Waals surface area contributed by atoms with Crippen LogP contribution in [0, 0.1) is 5.82 Å². The fourth-order valence-corrected chi connectivity index (χ4v) is 2.11. The quantitative estimate of drug-likeness (QED) is 0.851. The molecule has 0 radical (unpaired) electrons. The van der Waals surface area contributed by atoms with Crippen molar-refractivity contribution in [3.63, 3.8) is 0 Å². The van der Waals surface area contributed by atoms with Crippen LogP contribution in [-0.4, -0.2) is 52.3 Å². The first-order valence-electron chi connectivity index (χ1n) is 6.53. The topological polar surface area (TPSA) is 87.1 Å². The zero-order chi connectivity index (χ0) is 15.5. The molecule has 1 aliphatic heterocycles. The number of carbonyl (C=O) groups excluding carboxylic acids is 1. The maximum absolute atomic E-state index is 12.7. The molecule has 0 atom stereocenters. The number of carboxylic acid groups (broad SMARTS) is 1. The van der Waals surface area contributed by atoms with Gasteiger partial charge in [0.05, 0.1) is 0 Å². The maximum atomic E-state index is 12.7. The van der Waals surface area contributed by atoms with E-state index in [2.05, 4.69) is 0 Å². The molecule has 1 fully saturated rings. The van der Waals surface area contributed by atoms with E-state index < -0.39 is 17.4 Å². The highest BCUT2D eigenvalue weighted by Crippen LogP contribution is 2.22. The molecule has 0 saturated carbocycles. The molecule has 0 aliphatic carbocycles. The molecular formula is C14H16FNO5. The molecule has 1 heterocycles. The highest BCUT2D eigenvalue weighted by atomic mass is 19.1. The summed E-state index contributed by atoms with van der Waals surface area (Å²) in [5.74, 6) is -1.58. The van der Waals surface area contributed by atoms with Gasteiger partial charge >= 0.3 is 5.97 Å². The normalized spacial score (nSPS) is 17.3. The van der Waals surface area contributed by atoms with Crippen molar-refractivity contribution in [3.05, 3.63) is 30.1 Å². The minimum atomic E-state index is -1.76. The number of benzene rings is 1. The molecule has 21 heavy (non-hydrogen) atoms. The molecule has 2 rings (SSSR count). The highest BCUT2D eigenvalue weighted by molar-refractivity contribution is 5.80. The molecule has 7 heteroatoms. The molecule has 1 aromatic carbocycles. The Balaban J connectivity index is 1.82. The van der Waals surface area contributed by atoms with E-state index in [0.29, 0.717) is 5.75 Å². The standard InChI is InChI=1S/C14H16FNO5/c15-10-1-3-11(4-2-10)21-9-12(17)16-7-5-14(20,6-8-16)13(18)19/h1-4,20H,5-9H2,(H,18,19). The van der Waals surface area contributed by atoms with Crippen molar-refractivity contribution in [2.45, 2.75) is 18.4 Å². The van der Waals surface area contributed by atoms with E-state index in [1.807, 2.05) is 0 Å². The third-order valence-electron chi connectivity index (χ3n) is 3.52. The molecule has 0 spiro atoms. The molecule has 6 nitrogen and oxygen atoms in total. The van der Waals surface area contributed by atoms with Crippen LogP contribution in [0.3, 0.4) is 0 Å². The van der Waals surface area contributed by atoms with E-state index in [0.717, 1.165) is 0 Å². The van der Waals surface area contributed by atoms with Gasteiger partial charge in [-0.3, -0.25) is 4.79 Å². The zero-order valence-corrected chi connectivity index (χ0v) is 11.3. The fraction of sp³-hybridized carbons (Fsp3) is 0.429. The molecule has 114 valence electrons. The lowest BCUT2D eigenvalue weighted by Crippen LogP contribution is -2.51. The first-order valence-corrected chi connectivity index (χ1v) is 6.53. The minimum absolute atomic E-state index is 0.00930. The Kier molecular flexibility index (Phi) is 4.42. The second-order valence-electron chi connectivity index (χ2n) is 4.96. The lowest BCUT2D eigenvalue weighted by Gasteiger charge is -2.35. The largest absolute Gasteiger partial charge is 0.484 e. The van der Waals surface area contributed by atoms with Gasteiger partial charge in [0.1, 0.15) is 11.6 Å². The van der Waals surface area contributed by atoms with Gasteiger partial charge in [0.25, 0.3) is 5.91 Å². The SMILES string of the molecule is O=C(COc1ccc(F)cc1)N1CCC(O)(C(=O)O)CC1. The number of aliphatic carboxylic acids is 1. The van der Waals surface area contributed by atoms with Crippen molar-refractivity contribution in [2.75, 3.05) is 19.7 Å². The molecular weight excluding hydrogens is 281 g/mol. The molecule has 0 unspecified atom stereocenters. The molecule has 0 aromatic heterocycles. The number of hydrogen-bond acceptors (Lipinski definition) is 4. The highest BCUT2D eigenvalue weighted by Gasteiger charge is 2.40. The van der Waals surface area contributed by atoms with Crippen LogP contribution < -0.4 is 4.74 Å². The molecule has 1 aromatic rings. The summed E-state index contributed by atoms with van der Waals surface area (Å²) in [6, 6.07) is 5.30. The third kappa shape index (κ3) is 3.69. The van der Waals surface area contributed by atoms with E-state index in [4.69, 9.17) is 9.84 Å². The van der Waals surface area contributed by atoms with Crippen molar-refractivity contribution in [1.82, 2.24) is 4.90 Å². The second kappa shape index (κ2) is 6.09. The number of likely N-dealkylation sites (tertiary alicyclic amines) is 1. The van der Waals surface area contributed by atoms with Gasteiger partial charge in [-0.05, 0) is 24.3 Å². The Bertz CT molecular complexity index is 523. The number of nitrogens with zero attached hydrogens (tertiary/aromatic N) is 1. The van der Waals surface area contributed by atoms with Gasteiger partial charge in [0, 0.05) is 25.9 Å². The Morgan fingerprint density at radius 2 is 1.81 bits per heavy atom. The number of piperidine rings is 1. The zero-order valence-electron chi connectivity index (χ0n) is 11.3. The maximum Gasteiger partial charge on any atom is 0.335 e. The molecule has 1 saturated heterocycles. The second-order valence-corrected chi connectivity index (χ2v) is 4.96. The summed E-state index contributed by atoms with van der Waals surface area (Å²) in [6.07, 6.45) is -0.0186. The summed E-state index contributed by atoms with van der Waals surface area (Å²) >= 11 is 0. The summed E-state index contributed by atoms with van der Waals surface area (Å²) < 4.78 is 18.0. The summed E-state index contributed by atoms with van der Waals surface area (Å²) in [6.45, 7) is 0.111. The van der Waals surface area contributed by atoms with Crippen LogP contribution in [0.25, 0.3) is 0 Å². The number of amides is 1. The number of ether oxygens (including phenoxy) is 1. The van der Waals surface area contributed by atoms with Gasteiger partial charge in [-0.2, -0.15) is 0 Å². The van der Waals surface area contributed by atoms with Crippen LogP contribution >= 0.6 is 0 Å². The minimum Gasteiger partial charge on any atom is -0.484 e. The Hall–Kier alpha value is -2.15. The molecule has 0 bridgehead atoms. The van der Waals surface area contributed by atoms with E-state index >= 15 is 0 Å². The Morgan fingerprint density at radius 3 is 2.33 bits per heavy atom. The van der Waals surface area contributed by atoms with Crippen LogP contribution in [0.5, 0.6) is 5.75 Å². The number of aliphatic hydroxyl groups is 1. The summed E-state index contributed by atoms with van der Waals surface area (Å²) in [4.78, 5) is 24.2. The average molecular weight is 297 g/mol. The summed E-state index contributed by atoms with van der Waals surface area (Å²) in [5.41, 5.74) is -1.76. The monoisotopic (exact) mass is 297 g/mol. The lowest BCUT2D eigenvalue weighted by molar-refractivity contribution is -0.165. The van der Waals surface area contributed by atoms with Crippen molar-refractivity contribution < 1.29 is 28.9 Å². The molecule has 1 aliphatic rings. The smallest absolute Gasteiger partial charge is 0.335 e. The van der Waals surface area contributed by atoms with Crippen molar-refractivity contribution in [2.24, 2.45) is 0 Å². The van der Waals surface area contributed by atoms with E-state index in [9.17, 15) is 19.1 Å². The Morgan fingerprint density at radius 1 is 1.24 bits per heavy atom. The van der Waals surface area contributed by atoms with Gasteiger partial charge in [-0.1, -0.05) is 0 Å². The lowest BCUT2D eigenvalue weighted by atomic mass is 9.92. The third-order valence-corrected chi connectivity index (χ3v) is 3.52. The predicted octanol–water partition coefficient (Wildman–Crippen LogP) is 0.643. The van der Waals surface area contributed by atoms with E-state index in [1.165, 1.54) is 29.2 Å². The van der Waals surface area contributed by atoms with Crippen LogP contribution in [0.4, 0.5) is 4.39 Å². The fourth-order valence-electron chi connectivity index (χ4n) is 2.11. The van der Waals surface area contributed by atoms with Crippen molar-refractivity contribution in [3.8, 4) is 5.75 Å². The Labute approximate surface area is 120 Å².